The molecule has 19 heavy (non-hydrogen) atoms. The fourth-order valence-electron chi connectivity index (χ4n) is 3.48. The van der Waals surface area contributed by atoms with Crippen molar-refractivity contribution in [3.05, 3.63) is 18.0 Å². The van der Waals surface area contributed by atoms with Gasteiger partial charge in [-0.3, -0.25) is 0 Å². The molecule has 1 aromatic heterocycles. The number of hydrogen-bond acceptors (Lipinski definition) is 4. The molecule has 102 valence electrons. The Hall–Kier alpha value is -1.65. The van der Waals surface area contributed by atoms with Crippen LogP contribution in [-0.4, -0.2) is 33.6 Å². The maximum Gasteiger partial charge on any atom is 0.354 e. The number of aromatic carboxylic acids is 1. The third-order valence-electron chi connectivity index (χ3n) is 4.36. The first-order chi connectivity index (χ1) is 9.25. The fraction of sp³-hybridized carbons (Fsp3) is 0.643. The standard InChI is InChI=1S/C14H19N3O2/c18-13(19)11-7-8-15-14(16-11)17-9-3-5-10-4-1-2-6-12(10)17/h7-8,10,12H,1-6,9H2,(H,18,19). The molecule has 0 aromatic carbocycles. The van der Waals surface area contributed by atoms with Crippen molar-refractivity contribution in [3.8, 4) is 0 Å². The van der Waals surface area contributed by atoms with Crippen LogP contribution < -0.4 is 4.90 Å². The summed E-state index contributed by atoms with van der Waals surface area (Å²) in [6.07, 6.45) is 9.06. The second kappa shape index (κ2) is 5.15. The van der Waals surface area contributed by atoms with Crippen LogP contribution in [0.25, 0.3) is 0 Å². The molecule has 1 saturated carbocycles. The van der Waals surface area contributed by atoms with Crippen molar-refractivity contribution in [2.45, 2.75) is 44.6 Å². The molecule has 2 aliphatic rings. The largest absolute Gasteiger partial charge is 0.477 e. The molecule has 0 spiro atoms. The zero-order valence-corrected chi connectivity index (χ0v) is 11.0. The van der Waals surface area contributed by atoms with Crippen LogP contribution in [-0.2, 0) is 0 Å². The summed E-state index contributed by atoms with van der Waals surface area (Å²) in [7, 11) is 0. The van der Waals surface area contributed by atoms with Crippen molar-refractivity contribution in [2.75, 3.05) is 11.4 Å². The fourth-order valence-corrected chi connectivity index (χ4v) is 3.48. The molecule has 0 amide bonds. The number of fused-ring (bicyclic) bond motifs is 1. The summed E-state index contributed by atoms with van der Waals surface area (Å²) in [4.78, 5) is 21.7. The highest BCUT2D eigenvalue weighted by molar-refractivity contribution is 5.85. The van der Waals surface area contributed by atoms with Gasteiger partial charge < -0.3 is 10.0 Å². The Morgan fingerprint density at radius 3 is 2.89 bits per heavy atom. The number of aromatic nitrogens is 2. The number of carbonyl (C=O) groups is 1. The number of carboxylic acids is 1. The first-order valence-corrected chi connectivity index (χ1v) is 7.08. The minimum absolute atomic E-state index is 0.0860. The monoisotopic (exact) mass is 261 g/mol. The summed E-state index contributed by atoms with van der Waals surface area (Å²) in [5, 5.41) is 9.03. The van der Waals surface area contributed by atoms with Gasteiger partial charge in [0.1, 0.15) is 0 Å². The molecule has 1 saturated heterocycles. The van der Waals surface area contributed by atoms with E-state index in [0.29, 0.717) is 12.0 Å². The van der Waals surface area contributed by atoms with Crippen LogP contribution in [0.2, 0.25) is 0 Å². The lowest BCUT2D eigenvalue weighted by Crippen LogP contribution is -2.47. The smallest absolute Gasteiger partial charge is 0.354 e. The van der Waals surface area contributed by atoms with Gasteiger partial charge in [-0.25, -0.2) is 14.8 Å². The average Bonchev–Trinajstić information content (AvgIpc) is 2.47. The van der Waals surface area contributed by atoms with Gasteiger partial charge in [-0.05, 0) is 37.7 Å². The molecule has 5 nitrogen and oxygen atoms in total. The van der Waals surface area contributed by atoms with Crippen LogP contribution >= 0.6 is 0 Å². The molecule has 2 unspecified atom stereocenters. The van der Waals surface area contributed by atoms with E-state index < -0.39 is 5.97 Å². The Bertz CT molecular complexity index is 476. The molecule has 1 aliphatic carbocycles. The zero-order valence-electron chi connectivity index (χ0n) is 11.0. The molecular weight excluding hydrogens is 242 g/mol. The predicted molar refractivity (Wildman–Crippen MR) is 71.3 cm³/mol. The minimum atomic E-state index is -0.985. The van der Waals surface area contributed by atoms with Crippen LogP contribution in [0, 0.1) is 5.92 Å². The molecule has 1 aromatic rings. The van der Waals surface area contributed by atoms with E-state index in [1.165, 1.54) is 38.2 Å². The molecule has 2 fully saturated rings. The maximum absolute atomic E-state index is 11.0. The Morgan fingerprint density at radius 1 is 1.26 bits per heavy atom. The number of hydrogen-bond donors (Lipinski definition) is 1. The first-order valence-electron chi connectivity index (χ1n) is 7.08. The summed E-state index contributed by atoms with van der Waals surface area (Å²) in [6, 6.07) is 1.96. The van der Waals surface area contributed by atoms with Crippen molar-refractivity contribution in [3.63, 3.8) is 0 Å². The van der Waals surface area contributed by atoms with E-state index >= 15 is 0 Å². The zero-order chi connectivity index (χ0) is 13.2. The van der Waals surface area contributed by atoms with Crippen LogP contribution in [0.15, 0.2) is 12.3 Å². The van der Waals surface area contributed by atoms with Crippen molar-refractivity contribution in [1.29, 1.82) is 0 Å². The Morgan fingerprint density at radius 2 is 2.05 bits per heavy atom. The lowest BCUT2D eigenvalue weighted by atomic mass is 9.78. The summed E-state index contributed by atoms with van der Waals surface area (Å²) < 4.78 is 0. The minimum Gasteiger partial charge on any atom is -0.477 e. The third kappa shape index (κ3) is 2.41. The number of anilines is 1. The van der Waals surface area contributed by atoms with Crippen molar-refractivity contribution in [2.24, 2.45) is 5.92 Å². The highest BCUT2D eigenvalue weighted by Gasteiger charge is 2.34. The van der Waals surface area contributed by atoms with Crippen LogP contribution in [0.4, 0.5) is 5.95 Å². The normalized spacial score (nSPS) is 26.8. The molecule has 0 radical (unpaired) electrons. The van der Waals surface area contributed by atoms with Gasteiger partial charge in [0.15, 0.2) is 5.69 Å². The lowest BCUT2D eigenvalue weighted by Gasteiger charge is -2.44. The molecule has 0 bridgehead atoms. The van der Waals surface area contributed by atoms with Gasteiger partial charge in [-0.1, -0.05) is 12.8 Å². The van der Waals surface area contributed by atoms with E-state index in [1.807, 2.05) is 0 Å². The van der Waals surface area contributed by atoms with Gasteiger partial charge in [0.05, 0.1) is 0 Å². The van der Waals surface area contributed by atoms with E-state index in [-0.39, 0.29) is 5.69 Å². The number of nitrogens with zero attached hydrogens (tertiary/aromatic N) is 3. The number of rotatable bonds is 2. The molecule has 2 atom stereocenters. The summed E-state index contributed by atoms with van der Waals surface area (Å²) in [6.45, 7) is 0.949. The van der Waals surface area contributed by atoms with Crippen molar-refractivity contribution in [1.82, 2.24) is 9.97 Å². The Labute approximate surface area is 112 Å². The van der Waals surface area contributed by atoms with Gasteiger partial charge in [-0.15, -0.1) is 0 Å². The molecular formula is C14H19N3O2. The van der Waals surface area contributed by atoms with Gasteiger partial charge in [-0.2, -0.15) is 0 Å². The topological polar surface area (TPSA) is 66.3 Å². The first kappa shape index (κ1) is 12.4. The van der Waals surface area contributed by atoms with Gasteiger partial charge in [0.25, 0.3) is 0 Å². The van der Waals surface area contributed by atoms with E-state index in [2.05, 4.69) is 14.9 Å². The summed E-state index contributed by atoms with van der Waals surface area (Å²) in [5.74, 6) is 0.344. The quantitative estimate of drug-likeness (QED) is 0.885. The van der Waals surface area contributed by atoms with E-state index in [1.54, 1.807) is 6.20 Å². The number of carboxylic acid groups (broad SMARTS) is 1. The van der Waals surface area contributed by atoms with Crippen molar-refractivity contribution < 1.29 is 9.90 Å². The second-order valence-electron chi connectivity index (χ2n) is 5.49. The maximum atomic E-state index is 11.0. The van der Waals surface area contributed by atoms with Crippen LogP contribution in [0.3, 0.4) is 0 Å². The Kier molecular flexibility index (Phi) is 3.36. The molecule has 3 rings (SSSR count). The molecule has 1 N–H and O–H groups in total. The Balaban J connectivity index is 1.87. The number of piperidine rings is 1. The summed E-state index contributed by atoms with van der Waals surface area (Å²) in [5.41, 5.74) is 0.0860. The van der Waals surface area contributed by atoms with E-state index in [9.17, 15) is 4.79 Å². The lowest BCUT2D eigenvalue weighted by molar-refractivity contribution is 0.0690. The predicted octanol–water partition coefficient (Wildman–Crippen LogP) is 2.33. The van der Waals surface area contributed by atoms with Gasteiger partial charge in [0, 0.05) is 18.8 Å². The highest BCUT2D eigenvalue weighted by atomic mass is 16.4. The summed E-state index contributed by atoms with van der Waals surface area (Å²) >= 11 is 0. The van der Waals surface area contributed by atoms with E-state index in [4.69, 9.17) is 5.11 Å². The third-order valence-corrected chi connectivity index (χ3v) is 4.36. The van der Waals surface area contributed by atoms with Gasteiger partial charge >= 0.3 is 5.97 Å². The SMILES string of the molecule is O=C(O)c1ccnc(N2CCCC3CCCCC32)n1. The molecule has 5 heteroatoms. The second-order valence-corrected chi connectivity index (χ2v) is 5.49. The highest BCUT2D eigenvalue weighted by Crippen LogP contribution is 2.36. The molecule has 1 aliphatic heterocycles. The van der Waals surface area contributed by atoms with Crippen LogP contribution in [0.1, 0.15) is 49.0 Å². The molecule has 2 heterocycles. The van der Waals surface area contributed by atoms with E-state index in [0.717, 1.165) is 18.9 Å². The average molecular weight is 261 g/mol. The van der Waals surface area contributed by atoms with Crippen molar-refractivity contribution >= 4 is 11.9 Å². The van der Waals surface area contributed by atoms with Gasteiger partial charge in [0.2, 0.25) is 5.95 Å². The van der Waals surface area contributed by atoms with Crippen LogP contribution in [0.5, 0.6) is 0 Å².